The van der Waals surface area contributed by atoms with Gasteiger partial charge in [0, 0.05) is 17.1 Å². The molecule has 0 bridgehead atoms. The maximum absolute atomic E-state index is 6.20. The van der Waals surface area contributed by atoms with E-state index in [1.54, 1.807) is 0 Å². The van der Waals surface area contributed by atoms with Crippen LogP contribution in [0.4, 0.5) is 17.1 Å². The van der Waals surface area contributed by atoms with E-state index in [1.165, 1.54) is 33.4 Å². The van der Waals surface area contributed by atoms with E-state index in [4.69, 9.17) is 11.8 Å². The zero-order chi connectivity index (χ0) is 21.2. The molecule has 0 unspecified atom stereocenters. The summed E-state index contributed by atoms with van der Waals surface area (Å²) >= 11 is 6.20. The molecule has 0 fully saturated rings. The fourth-order valence-electron chi connectivity index (χ4n) is 3.41. The highest BCUT2D eigenvalue weighted by Crippen LogP contribution is 2.47. The molecule has 3 rings (SSSR count). The molecule has 5 heteroatoms. The summed E-state index contributed by atoms with van der Waals surface area (Å²) in [6, 6.07) is 19.2. The number of rotatable bonds is 6. The Morgan fingerprint density at radius 1 is 0.517 bits per heavy atom. The minimum Gasteiger partial charge on any atom is -0.326 e. The van der Waals surface area contributed by atoms with Gasteiger partial charge in [0.05, 0.1) is 0 Å². The standard InChI is InChI=1S/C24H30N3PS/c1-16-7-10-22(19(4)13-16)25-28(29,26-23-11-8-17(2)14-20(23)5)27-24-12-9-18(3)15-21(24)6/h7-15H,1-6H3,(H3,25,26,27,29). The van der Waals surface area contributed by atoms with Crippen LogP contribution in [0.3, 0.4) is 0 Å². The lowest BCUT2D eigenvalue weighted by atomic mass is 10.1. The van der Waals surface area contributed by atoms with E-state index < -0.39 is 6.49 Å². The predicted molar refractivity (Wildman–Crippen MR) is 133 cm³/mol. The van der Waals surface area contributed by atoms with Crippen LogP contribution in [0.25, 0.3) is 0 Å². The van der Waals surface area contributed by atoms with Gasteiger partial charge in [-0.2, -0.15) is 0 Å². The van der Waals surface area contributed by atoms with Crippen molar-refractivity contribution in [1.29, 1.82) is 0 Å². The summed E-state index contributed by atoms with van der Waals surface area (Å²) in [6.07, 6.45) is 0. The van der Waals surface area contributed by atoms with Crippen LogP contribution in [0.1, 0.15) is 33.4 Å². The lowest BCUT2D eigenvalue weighted by molar-refractivity contribution is 1.37. The second kappa shape index (κ2) is 8.61. The molecule has 0 saturated heterocycles. The zero-order valence-corrected chi connectivity index (χ0v) is 19.8. The van der Waals surface area contributed by atoms with Gasteiger partial charge in [-0.25, -0.2) is 0 Å². The summed E-state index contributed by atoms with van der Waals surface area (Å²) in [5, 5.41) is 10.9. The SMILES string of the molecule is Cc1ccc(NP(=S)(Nc2ccc(C)cc2C)Nc2ccc(C)cc2C)c(C)c1. The van der Waals surface area contributed by atoms with Gasteiger partial charge >= 0.3 is 0 Å². The topological polar surface area (TPSA) is 36.1 Å². The van der Waals surface area contributed by atoms with Crippen LogP contribution in [-0.4, -0.2) is 0 Å². The van der Waals surface area contributed by atoms with Crippen LogP contribution in [0.5, 0.6) is 0 Å². The monoisotopic (exact) mass is 423 g/mol. The number of hydrogen-bond donors (Lipinski definition) is 3. The molecule has 0 radical (unpaired) electrons. The quantitative estimate of drug-likeness (QED) is 0.361. The minimum atomic E-state index is -2.43. The van der Waals surface area contributed by atoms with Crippen molar-refractivity contribution < 1.29 is 0 Å². The van der Waals surface area contributed by atoms with Gasteiger partial charge in [-0.3, -0.25) is 0 Å². The van der Waals surface area contributed by atoms with Crippen molar-refractivity contribution >= 4 is 35.4 Å². The van der Waals surface area contributed by atoms with Gasteiger partial charge < -0.3 is 15.3 Å². The Hall–Kier alpha value is -2.29. The summed E-state index contributed by atoms with van der Waals surface area (Å²) in [5.74, 6) is 0. The van der Waals surface area contributed by atoms with Crippen LogP contribution >= 0.6 is 6.49 Å². The van der Waals surface area contributed by atoms with E-state index in [9.17, 15) is 0 Å². The Kier molecular flexibility index (Phi) is 6.36. The largest absolute Gasteiger partial charge is 0.326 e. The third-order valence-electron chi connectivity index (χ3n) is 4.98. The zero-order valence-electron chi connectivity index (χ0n) is 18.1. The molecular weight excluding hydrogens is 393 g/mol. The number of hydrogen-bond acceptors (Lipinski definition) is 1. The van der Waals surface area contributed by atoms with Crippen molar-refractivity contribution in [3.63, 3.8) is 0 Å². The molecule has 0 atom stereocenters. The second-order valence-corrected chi connectivity index (χ2v) is 11.4. The predicted octanol–water partition coefficient (Wildman–Crippen LogP) is 7.40. The molecule has 0 spiro atoms. The third kappa shape index (κ3) is 5.41. The van der Waals surface area contributed by atoms with Crippen LogP contribution < -0.4 is 15.3 Å². The Morgan fingerprint density at radius 3 is 1.03 bits per heavy atom. The van der Waals surface area contributed by atoms with Crippen LogP contribution in [0.2, 0.25) is 0 Å². The highest BCUT2D eigenvalue weighted by Gasteiger charge is 2.20. The van der Waals surface area contributed by atoms with Gasteiger partial charge in [0.15, 0.2) is 0 Å². The van der Waals surface area contributed by atoms with E-state index in [-0.39, 0.29) is 0 Å². The molecule has 0 aromatic heterocycles. The van der Waals surface area contributed by atoms with Crippen LogP contribution in [-0.2, 0) is 11.8 Å². The van der Waals surface area contributed by atoms with Crippen molar-refractivity contribution in [2.75, 3.05) is 15.3 Å². The normalized spacial score (nSPS) is 11.2. The third-order valence-corrected chi connectivity index (χ3v) is 7.47. The van der Waals surface area contributed by atoms with Crippen molar-refractivity contribution in [3.05, 3.63) is 88.0 Å². The second-order valence-electron chi connectivity index (χ2n) is 7.90. The fraction of sp³-hybridized carbons (Fsp3) is 0.250. The van der Waals surface area contributed by atoms with Crippen molar-refractivity contribution in [3.8, 4) is 0 Å². The molecule has 0 aliphatic heterocycles. The Balaban J connectivity index is 2.00. The van der Waals surface area contributed by atoms with E-state index in [1.807, 2.05) is 0 Å². The number of benzene rings is 3. The van der Waals surface area contributed by atoms with Crippen molar-refractivity contribution in [1.82, 2.24) is 0 Å². The average molecular weight is 424 g/mol. The first-order valence-electron chi connectivity index (χ1n) is 9.82. The van der Waals surface area contributed by atoms with Crippen molar-refractivity contribution in [2.24, 2.45) is 0 Å². The van der Waals surface area contributed by atoms with Crippen molar-refractivity contribution in [2.45, 2.75) is 41.5 Å². The van der Waals surface area contributed by atoms with Gasteiger partial charge in [0.25, 0.3) is 0 Å². The molecule has 152 valence electrons. The highest BCUT2D eigenvalue weighted by molar-refractivity contribution is 8.16. The maximum Gasteiger partial charge on any atom is 0.211 e. The molecule has 3 aromatic carbocycles. The molecule has 0 amide bonds. The first-order valence-corrected chi connectivity index (χ1v) is 12.6. The average Bonchev–Trinajstić information content (AvgIpc) is 2.63. The number of aryl methyl sites for hydroxylation is 6. The summed E-state index contributed by atoms with van der Waals surface area (Å²) in [5.41, 5.74) is 10.4. The fourth-order valence-corrected chi connectivity index (χ4v) is 6.23. The lowest BCUT2D eigenvalue weighted by Crippen LogP contribution is -2.15. The minimum absolute atomic E-state index is 1.05. The van der Waals surface area contributed by atoms with E-state index in [0.29, 0.717) is 0 Å². The van der Waals surface area contributed by atoms with E-state index >= 15 is 0 Å². The summed E-state index contributed by atoms with van der Waals surface area (Å²) in [4.78, 5) is 0. The Labute approximate surface area is 180 Å². The van der Waals surface area contributed by atoms with Gasteiger partial charge in [-0.05, 0) is 88.2 Å². The molecule has 0 aliphatic carbocycles. The van der Waals surface area contributed by atoms with Gasteiger partial charge in [-0.1, -0.05) is 53.1 Å². The first-order chi connectivity index (χ1) is 13.6. The molecular formula is C24H30N3PS. The number of nitrogens with one attached hydrogen (secondary N) is 3. The molecule has 3 N–H and O–H groups in total. The highest BCUT2D eigenvalue weighted by atomic mass is 32.4. The summed E-state index contributed by atoms with van der Waals surface area (Å²) in [7, 11) is 0. The Bertz CT molecular complexity index is 955. The van der Waals surface area contributed by atoms with E-state index in [2.05, 4.69) is 111 Å². The maximum atomic E-state index is 6.20. The summed E-state index contributed by atoms with van der Waals surface area (Å²) < 4.78 is 0. The van der Waals surface area contributed by atoms with Gasteiger partial charge in [0.1, 0.15) is 0 Å². The molecule has 0 heterocycles. The van der Waals surface area contributed by atoms with Crippen LogP contribution in [0.15, 0.2) is 54.6 Å². The number of anilines is 3. The van der Waals surface area contributed by atoms with Crippen LogP contribution in [0, 0.1) is 41.5 Å². The van der Waals surface area contributed by atoms with E-state index in [0.717, 1.165) is 17.1 Å². The molecule has 3 nitrogen and oxygen atoms in total. The lowest BCUT2D eigenvalue weighted by Gasteiger charge is -2.30. The van der Waals surface area contributed by atoms with Gasteiger partial charge in [0.2, 0.25) is 6.49 Å². The first kappa shape index (κ1) is 21.4. The smallest absolute Gasteiger partial charge is 0.211 e. The molecule has 0 saturated carbocycles. The molecule has 3 aromatic rings. The van der Waals surface area contributed by atoms with Gasteiger partial charge in [-0.15, -0.1) is 0 Å². The summed E-state index contributed by atoms with van der Waals surface area (Å²) in [6.45, 7) is 10.2. The molecule has 0 aliphatic rings. The Morgan fingerprint density at radius 2 is 0.793 bits per heavy atom. The molecule has 29 heavy (non-hydrogen) atoms.